The Morgan fingerprint density at radius 3 is 2.43 bits per heavy atom. The molecule has 1 aromatic heterocycles. The van der Waals surface area contributed by atoms with Crippen LogP contribution in [0.1, 0.15) is 11.5 Å². The molecule has 3 N–H and O–H groups in total. The summed E-state index contributed by atoms with van der Waals surface area (Å²) in [4.78, 5) is 53.9. The third-order valence-corrected chi connectivity index (χ3v) is 4.55. The van der Waals surface area contributed by atoms with Gasteiger partial charge in [0.1, 0.15) is 11.6 Å². The monoisotopic (exact) mass is 414 g/mol. The molecule has 0 spiro atoms. The lowest BCUT2D eigenvalue weighted by Gasteiger charge is -2.30. The minimum absolute atomic E-state index is 0.0224. The molecule has 0 radical (unpaired) electrons. The zero-order valence-electron chi connectivity index (χ0n) is 15.1. The molecule has 12 nitrogen and oxygen atoms in total. The normalized spacial score (nSPS) is 18.6. The molecule has 154 valence electrons. The van der Waals surface area contributed by atoms with Crippen molar-refractivity contribution in [3.05, 3.63) is 69.9 Å². The van der Waals surface area contributed by atoms with E-state index in [0.29, 0.717) is 0 Å². The molecule has 30 heavy (non-hydrogen) atoms. The van der Waals surface area contributed by atoms with E-state index in [1.54, 1.807) is 0 Å². The zero-order valence-corrected chi connectivity index (χ0v) is 15.1. The lowest BCUT2D eigenvalue weighted by molar-refractivity contribution is -0.384. The predicted molar refractivity (Wildman–Crippen MR) is 98.9 cm³/mol. The molecule has 0 amide bonds. The minimum atomic E-state index is -1.86. The first kappa shape index (κ1) is 20.4. The van der Waals surface area contributed by atoms with Crippen LogP contribution in [-0.2, 0) is 20.9 Å². The molecule has 2 atom stereocenters. The van der Waals surface area contributed by atoms with Gasteiger partial charge >= 0.3 is 17.9 Å². The third-order valence-electron chi connectivity index (χ3n) is 4.55. The lowest BCUT2D eigenvalue weighted by Crippen LogP contribution is -2.40. The van der Waals surface area contributed by atoms with Gasteiger partial charge in [0.15, 0.2) is 0 Å². The fraction of sp³-hybridized carbons (Fsp3) is 0.167. The predicted octanol–water partition coefficient (Wildman–Crippen LogP) is 1.15. The van der Waals surface area contributed by atoms with E-state index in [1.807, 2.05) is 0 Å². The number of carboxylic acid groups (broad SMARTS) is 3. The molecule has 2 heterocycles. The number of nitro groups is 1. The van der Waals surface area contributed by atoms with Gasteiger partial charge in [-0.3, -0.25) is 14.9 Å². The number of carboxylic acids is 3. The summed E-state index contributed by atoms with van der Waals surface area (Å²) in [5.74, 6) is -8.14. The highest BCUT2D eigenvalue weighted by molar-refractivity contribution is 6.40. The van der Waals surface area contributed by atoms with Crippen LogP contribution >= 0.6 is 0 Å². The Hall–Kier alpha value is -4.35. The van der Waals surface area contributed by atoms with Gasteiger partial charge < -0.3 is 19.9 Å². The van der Waals surface area contributed by atoms with Gasteiger partial charge in [0, 0.05) is 30.4 Å². The average Bonchev–Trinajstić information content (AvgIpc) is 3.19. The van der Waals surface area contributed by atoms with Gasteiger partial charge in [0.25, 0.3) is 5.69 Å². The van der Waals surface area contributed by atoms with E-state index < -0.39 is 51.6 Å². The molecule has 12 heteroatoms. The number of rotatable bonds is 7. The maximum Gasteiger partial charge on any atom is 0.351 e. The van der Waals surface area contributed by atoms with Crippen LogP contribution in [0, 0.1) is 16.0 Å². The number of aliphatic imine (C=N–C) groups is 1. The number of aromatic nitrogens is 2. The lowest BCUT2D eigenvalue weighted by atomic mass is 9.75. The van der Waals surface area contributed by atoms with Crippen LogP contribution in [0.4, 0.5) is 5.69 Å². The Labute approximate surface area is 167 Å². The smallest absolute Gasteiger partial charge is 0.351 e. The Balaban J connectivity index is 2.29. The van der Waals surface area contributed by atoms with Gasteiger partial charge in [0.05, 0.1) is 29.1 Å². The summed E-state index contributed by atoms with van der Waals surface area (Å²) in [6, 6.07) is 4.78. The Bertz CT molecular complexity index is 1100. The quantitative estimate of drug-likeness (QED) is 0.441. The van der Waals surface area contributed by atoms with Gasteiger partial charge in [-0.25, -0.2) is 19.6 Å². The highest BCUT2D eigenvalue weighted by atomic mass is 16.6. The first-order valence-electron chi connectivity index (χ1n) is 8.41. The van der Waals surface area contributed by atoms with Gasteiger partial charge in [-0.15, -0.1) is 0 Å². The van der Waals surface area contributed by atoms with Crippen LogP contribution in [-0.4, -0.2) is 53.4 Å². The number of imidazole rings is 1. The highest BCUT2D eigenvalue weighted by Crippen LogP contribution is 2.40. The fourth-order valence-corrected chi connectivity index (χ4v) is 3.34. The second kappa shape index (κ2) is 7.95. The van der Waals surface area contributed by atoms with Crippen LogP contribution in [0.25, 0.3) is 0 Å². The molecule has 0 saturated heterocycles. The second-order valence-corrected chi connectivity index (χ2v) is 6.35. The van der Waals surface area contributed by atoms with Crippen molar-refractivity contribution in [3.63, 3.8) is 0 Å². The Kier molecular flexibility index (Phi) is 5.40. The van der Waals surface area contributed by atoms with E-state index >= 15 is 0 Å². The fourth-order valence-electron chi connectivity index (χ4n) is 3.34. The topological polar surface area (TPSA) is 185 Å². The summed E-state index contributed by atoms with van der Waals surface area (Å²) in [6.07, 6.45) is 4.27. The Morgan fingerprint density at radius 1 is 1.17 bits per heavy atom. The molecule has 3 rings (SSSR count). The van der Waals surface area contributed by atoms with Crippen molar-refractivity contribution in [2.45, 2.75) is 12.5 Å². The first-order chi connectivity index (χ1) is 14.2. The van der Waals surface area contributed by atoms with Crippen molar-refractivity contribution in [1.29, 1.82) is 0 Å². The van der Waals surface area contributed by atoms with Crippen molar-refractivity contribution in [1.82, 2.24) is 9.55 Å². The summed E-state index contributed by atoms with van der Waals surface area (Å²) < 4.78 is 1.44. The van der Waals surface area contributed by atoms with E-state index in [0.717, 1.165) is 12.1 Å². The minimum Gasteiger partial charge on any atom is -0.481 e. The number of non-ortho nitro benzene ring substituents is 1. The number of nitro benzene ring substituents is 1. The largest absolute Gasteiger partial charge is 0.481 e. The van der Waals surface area contributed by atoms with Crippen LogP contribution in [0.15, 0.2) is 59.2 Å². The van der Waals surface area contributed by atoms with E-state index in [9.17, 15) is 39.8 Å². The summed E-state index contributed by atoms with van der Waals surface area (Å²) in [5, 5.41) is 40.2. The first-order valence-corrected chi connectivity index (χ1v) is 8.41. The standard InChI is InChI=1S/C18H14N4O8/c23-16(24)13-11(7-21-5-4-19-8-21)20-15(18(27)28)14(17(25)26)12(13)9-2-1-3-10(6-9)22(29)30/h1-6,8,12,14H,7H2,(H,23,24)(H,25,26)(H,27,28). The highest BCUT2D eigenvalue weighted by Gasteiger charge is 2.46. The van der Waals surface area contributed by atoms with E-state index in [4.69, 9.17) is 0 Å². The molecule has 2 aromatic rings. The number of hydrogen-bond donors (Lipinski definition) is 3. The van der Waals surface area contributed by atoms with E-state index in [1.165, 1.54) is 35.4 Å². The molecule has 0 saturated carbocycles. The van der Waals surface area contributed by atoms with Gasteiger partial charge in [-0.1, -0.05) is 12.1 Å². The van der Waals surface area contributed by atoms with Gasteiger partial charge in [-0.05, 0) is 5.56 Å². The number of aliphatic carboxylic acids is 3. The van der Waals surface area contributed by atoms with Crippen LogP contribution in [0.3, 0.4) is 0 Å². The van der Waals surface area contributed by atoms with Crippen molar-refractivity contribution < 1.29 is 34.6 Å². The molecular formula is C18H14N4O8. The summed E-state index contributed by atoms with van der Waals surface area (Å²) >= 11 is 0. The summed E-state index contributed by atoms with van der Waals surface area (Å²) in [5.41, 5.74) is -1.82. The van der Waals surface area contributed by atoms with E-state index in [-0.39, 0.29) is 17.8 Å². The molecule has 1 aromatic carbocycles. The zero-order chi connectivity index (χ0) is 22.0. The van der Waals surface area contributed by atoms with Crippen LogP contribution in [0.2, 0.25) is 0 Å². The number of allylic oxidation sites excluding steroid dienone is 1. The third kappa shape index (κ3) is 3.78. The SMILES string of the molecule is O=C(O)C1=NC(Cn2ccnc2)=C(C(=O)O)C(c2cccc([N+](=O)[O-])c2)C1C(=O)O. The van der Waals surface area contributed by atoms with Crippen molar-refractivity contribution in [2.75, 3.05) is 0 Å². The number of nitrogens with zero attached hydrogens (tertiary/aromatic N) is 4. The van der Waals surface area contributed by atoms with Crippen molar-refractivity contribution in [3.8, 4) is 0 Å². The summed E-state index contributed by atoms with van der Waals surface area (Å²) in [7, 11) is 0. The Morgan fingerprint density at radius 2 is 1.90 bits per heavy atom. The maximum atomic E-state index is 12.1. The average molecular weight is 414 g/mol. The number of benzene rings is 1. The molecule has 0 bridgehead atoms. The van der Waals surface area contributed by atoms with Crippen LogP contribution in [0.5, 0.6) is 0 Å². The van der Waals surface area contributed by atoms with Gasteiger partial charge in [-0.2, -0.15) is 0 Å². The maximum absolute atomic E-state index is 12.1. The molecule has 0 aliphatic carbocycles. The van der Waals surface area contributed by atoms with Crippen molar-refractivity contribution >= 4 is 29.3 Å². The molecule has 0 fully saturated rings. The van der Waals surface area contributed by atoms with Gasteiger partial charge in [0.2, 0.25) is 0 Å². The number of carbonyl (C=O) groups is 3. The number of hydrogen-bond acceptors (Lipinski definition) is 7. The van der Waals surface area contributed by atoms with Crippen LogP contribution < -0.4 is 0 Å². The molecule has 1 aliphatic heterocycles. The summed E-state index contributed by atoms with van der Waals surface area (Å²) in [6.45, 7) is -0.184. The molecule has 1 aliphatic rings. The molecule has 2 unspecified atom stereocenters. The van der Waals surface area contributed by atoms with Crippen molar-refractivity contribution in [2.24, 2.45) is 10.9 Å². The van der Waals surface area contributed by atoms with E-state index in [2.05, 4.69) is 9.98 Å². The molecular weight excluding hydrogens is 400 g/mol. The second-order valence-electron chi connectivity index (χ2n) is 6.35.